The third kappa shape index (κ3) is 7.03. The molecule has 0 aromatic heterocycles. The van der Waals surface area contributed by atoms with Crippen molar-refractivity contribution in [1.29, 1.82) is 0 Å². The fourth-order valence-electron chi connectivity index (χ4n) is 8.29. The van der Waals surface area contributed by atoms with Crippen LogP contribution in [0.25, 0.3) is 88.0 Å². The SMILES string of the molecule is [2H]c1c([2H])c(N(c2ccc(-c3cccc(-c4ccccc4)c3)cc2)c2c([2H])c([2H])c(-c3ccc4c(ccc5ccccc54)c3)c([2H])c2[2H])c([2H])c([2H])c1-c1cccc(-c2cccc3ccccc23)c1. The minimum Gasteiger partial charge on any atom is -0.311 e. The first-order valence-corrected chi connectivity index (χ1v) is 20.3. The third-order valence-corrected chi connectivity index (χ3v) is 11.4. The summed E-state index contributed by atoms with van der Waals surface area (Å²) in [5.41, 5.74) is 6.85. The van der Waals surface area contributed by atoms with E-state index in [9.17, 15) is 11.0 Å². The number of nitrogens with zero attached hydrogens (tertiary/aromatic N) is 1. The van der Waals surface area contributed by atoms with Gasteiger partial charge in [-0.3, -0.25) is 0 Å². The van der Waals surface area contributed by atoms with E-state index < -0.39 is 24.2 Å². The van der Waals surface area contributed by atoms with E-state index in [1.807, 2.05) is 164 Å². The van der Waals surface area contributed by atoms with Crippen molar-refractivity contribution >= 4 is 49.4 Å². The average molecular weight is 784 g/mol. The summed E-state index contributed by atoms with van der Waals surface area (Å²) in [6.45, 7) is 0. The summed E-state index contributed by atoms with van der Waals surface area (Å²) >= 11 is 0. The van der Waals surface area contributed by atoms with Crippen molar-refractivity contribution in [2.45, 2.75) is 0 Å². The molecule has 0 amide bonds. The van der Waals surface area contributed by atoms with Crippen molar-refractivity contribution in [3.8, 4) is 55.6 Å². The summed E-state index contributed by atoms with van der Waals surface area (Å²) in [7, 11) is 0. The molecule has 0 aliphatic heterocycles. The molecule has 11 rings (SSSR count). The maximum atomic E-state index is 9.67. The summed E-state index contributed by atoms with van der Waals surface area (Å²) in [4.78, 5) is 1.36. The highest BCUT2D eigenvalue weighted by Gasteiger charge is 2.15. The monoisotopic (exact) mass is 783 g/mol. The van der Waals surface area contributed by atoms with Crippen LogP contribution >= 0.6 is 0 Å². The molecule has 11 aromatic rings. The Morgan fingerprint density at radius 2 is 0.689 bits per heavy atom. The van der Waals surface area contributed by atoms with Crippen LogP contribution in [0.3, 0.4) is 0 Å². The van der Waals surface area contributed by atoms with Crippen LogP contribution in [-0.4, -0.2) is 0 Å². The van der Waals surface area contributed by atoms with Crippen LogP contribution in [0.5, 0.6) is 0 Å². The van der Waals surface area contributed by atoms with Gasteiger partial charge in [-0.15, -0.1) is 0 Å². The molecule has 0 bridgehead atoms. The Hall–Kier alpha value is -8.00. The third-order valence-electron chi connectivity index (χ3n) is 11.4. The van der Waals surface area contributed by atoms with Crippen molar-refractivity contribution in [1.82, 2.24) is 0 Å². The number of hydrogen-bond acceptors (Lipinski definition) is 1. The predicted octanol–water partition coefficient (Wildman–Crippen LogP) is 17.0. The Bertz CT molecular complexity index is 3770. The van der Waals surface area contributed by atoms with Crippen LogP contribution in [0.4, 0.5) is 17.1 Å². The molecule has 0 atom stereocenters. The molecule has 0 saturated carbocycles. The Kier molecular flexibility index (Phi) is 7.29. The molecule has 61 heavy (non-hydrogen) atoms. The minimum absolute atomic E-state index is 0.100. The van der Waals surface area contributed by atoms with E-state index in [4.69, 9.17) is 0 Å². The molecule has 11 aromatic carbocycles. The molecule has 0 aliphatic carbocycles. The van der Waals surface area contributed by atoms with Gasteiger partial charge in [0.25, 0.3) is 0 Å². The Balaban J connectivity index is 1.08. The van der Waals surface area contributed by atoms with Gasteiger partial charge < -0.3 is 4.90 Å². The second kappa shape index (κ2) is 15.6. The minimum atomic E-state index is -0.399. The first kappa shape index (κ1) is 28.4. The van der Waals surface area contributed by atoms with Crippen LogP contribution in [0.2, 0.25) is 0 Å². The van der Waals surface area contributed by atoms with Crippen LogP contribution in [0, 0.1) is 0 Å². The molecule has 0 saturated heterocycles. The predicted molar refractivity (Wildman–Crippen MR) is 261 cm³/mol. The van der Waals surface area contributed by atoms with Gasteiger partial charge in [0.1, 0.15) is 0 Å². The van der Waals surface area contributed by atoms with Crippen LogP contribution in [-0.2, 0) is 0 Å². The lowest BCUT2D eigenvalue weighted by Crippen LogP contribution is -2.09. The van der Waals surface area contributed by atoms with Gasteiger partial charge >= 0.3 is 0 Å². The van der Waals surface area contributed by atoms with E-state index in [0.717, 1.165) is 65.7 Å². The number of fused-ring (bicyclic) bond motifs is 4. The summed E-state index contributed by atoms with van der Waals surface area (Å²) < 4.78 is 76.7. The normalized spacial score (nSPS) is 13.1. The lowest BCUT2D eigenvalue weighted by atomic mass is 9.95. The molecule has 0 fully saturated rings. The van der Waals surface area contributed by atoms with Gasteiger partial charge in [-0.05, 0) is 142 Å². The zero-order chi connectivity index (χ0) is 47.5. The fraction of sp³-hybridized carbons (Fsp3) is 0. The van der Waals surface area contributed by atoms with Crippen molar-refractivity contribution < 1.29 is 11.0 Å². The second-order valence-electron chi connectivity index (χ2n) is 15.1. The molecule has 0 unspecified atom stereocenters. The second-order valence-corrected chi connectivity index (χ2v) is 15.1. The highest BCUT2D eigenvalue weighted by Crippen LogP contribution is 2.39. The molecular formula is C60H41N. The number of benzene rings is 11. The van der Waals surface area contributed by atoms with Crippen LogP contribution < -0.4 is 4.90 Å². The zero-order valence-electron chi connectivity index (χ0n) is 41.0. The summed E-state index contributed by atoms with van der Waals surface area (Å²) in [6.07, 6.45) is 0. The van der Waals surface area contributed by atoms with Crippen molar-refractivity contribution in [2.75, 3.05) is 4.90 Å². The van der Waals surface area contributed by atoms with E-state index in [-0.39, 0.29) is 46.7 Å². The number of hydrogen-bond donors (Lipinski definition) is 0. The highest BCUT2D eigenvalue weighted by atomic mass is 15.1. The summed E-state index contributed by atoms with van der Waals surface area (Å²) in [5.74, 6) is 0. The fourth-order valence-corrected chi connectivity index (χ4v) is 8.29. The molecule has 1 heteroatoms. The Morgan fingerprint density at radius 1 is 0.246 bits per heavy atom. The molecule has 286 valence electrons. The topological polar surface area (TPSA) is 3.24 Å². The zero-order valence-corrected chi connectivity index (χ0v) is 33.0. The van der Waals surface area contributed by atoms with E-state index in [0.29, 0.717) is 16.8 Å². The van der Waals surface area contributed by atoms with Gasteiger partial charge in [0.2, 0.25) is 0 Å². The van der Waals surface area contributed by atoms with E-state index >= 15 is 0 Å². The summed E-state index contributed by atoms with van der Waals surface area (Å²) in [5, 5.41) is 6.13. The maximum Gasteiger partial charge on any atom is 0.0645 e. The van der Waals surface area contributed by atoms with Crippen molar-refractivity contribution in [2.24, 2.45) is 0 Å². The van der Waals surface area contributed by atoms with Gasteiger partial charge in [0, 0.05) is 17.1 Å². The molecule has 1 nitrogen and oxygen atoms in total. The average Bonchev–Trinajstić information content (AvgIpc) is 3.39. The van der Waals surface area contributed by atoms with Crippen LogP contribution in [0.15, 0.2) is 249 Å². The Labute approximate surface area is 368 Å². The lowest BCUT2D eigenvalue weighted by molar-refractivity contribution is 1.28. The molecule has 0 aliphatic rings. The highest BCUT2D eigenvalue weighted by molar-refractivity contribution is 6.08. The van der Waals surface area contributed by atoms with Crippen LogP contribution in [0.1, 0.15) is 11.0 Å². The van der Waals surface area contributed by atoms with Crippen molar-refractivity contribution in [3.63, 3.8) is 0 Å². The lowest BCUT2D eigenvalue weighted by Gasteiger charge is -2.26. The van der Waals surface area contributed by atoms with Crippen molar-refractivity contribution in [3.05, 3.63) is 249 Å². The van der Waals surface area contributed by atoms with Gasteiger partial charge in [0.15, 0.2) is 0 Å². The quantitative estimate of drug-likeness (QED) is 0.139. The smallest absolute Gasteiger partial charge is 0.0645 e. The first-order chi connectivity index (χ1) is 33.6. The van der Waals surface area contributed by atoms with Gasteiger partial charge in [-0.1, -0.05) is 194 Å². The first-order valence-electron chi connectivity index (χ1n) is 24.3. The molecule has 0 radical (unpaired) electrons. The largest absolute Gasteiger partial charge is 0.311 e. The van der Waals surface area contributed by atoms with Gasteiger partial charge in [-0.25, -0.2) is 0 Å². The standard InChI is InChI=1S/C60H41N/c1-2-11-42(12-3-1)48-16-8-17-49(39-48)43-25-32-54(33-26-43)61(56-36-29-45(30-37-56)51-31-38-60-53(41-51)24-23-47-14-5-7-21-58(47)60)55-34-27-44(28-35-55)50-18-9-19-52(40-50)59-22-10-15-46-13-4-6-20-57(46)59/h1-41H/i27D,28D,29D,30D,34D,35D,36D,37D. The summed E-state index contributed by atoms with van der Waals surface area (Å²) in [6, 6.07) is 61.9. The van der Waals surface area contributed by atoms with Gasteiger partial charge in [-0.2, -0.15) is 0 Å². The van der Waals surface area contributed by atoms with E-state index in [2.05, 4.69) is 18.2 Å². The molecule has 0 N–H and O–H groups in total. The number of anilines is 3. The van der Waals surface area contributed by atoms with E-state index in [1.54, 1.807) is 18.2 Å². The van der Waals surface area contributed by atoms with Gasteiger partial charge in [0.05, 0.1) is 11.0 Å². The molecular weight excluding hydrogens is 735 g/mol. The molecule has 0 spiro atoms. The van der Waals surface area contributed by atoms with E-state index in [1.165, 1.54) is 4.90 Å². The Morgan fingerprint density at radius 3 is 1.38 bits per heavy atom. The number of rotatable bonds is 8. The molecule has 0 heterocycles. The maximum absolute atomic E-state index is 9.67.